The van der Waals surface area contributed by atoms with Crippen LogP contribution in [0.5, 0.6) is 0 Å². The molecule has 0 spiro atoms. The van der Waals surface area contributed by atoms with Crippen LogP contribution < -0.4 is 5.32 Å². The van der Waals surface area contributed by atoms with Crippen LogP contribution in [-0.4, -0.2) is 37.9 Å². The second-order valence-corrected chi connectivity index (χ2v) is 3.19. The van der Waals surface area contributed by atoms with Crippen molar-refractivity contribution in [3.8, 4) is 0 Å². The lowest BCUT2D eigenvalue weighted by Crippen LogP contribution is -2.29. The van der Waals surface area contributed by atoms with Crippen molar-refractivity contribution in [3.05, 3.63) is 0 Å². The molecule has 1 atom stereocenters. The minimum absolute atomic E-state index is 0.0253. The van der Waals surface area contributed by atoms with E-state index in [4.69, 9.17) is 9.84 Å². The van der Waals surface area contributed by atoms with Crippen molar-refractivity contribution < 1.29 is 14.6 Å². The van der Waals surface area contributed by atoms with Gasteiger partial charge in [-0.15, -0.1) is 0 Å². The number of rotatable bonds is 7. The first kappa shape index (κ1) is 12.4. The van der Waals surface area contributed by atoms with E-state index < -0.39 is 0 Å². The molecular formula is C9H19NO3. The number of carbonyl (C=O) groups is 1. The molecule has 0 heterocycles. The van der Waals surface area contributed by atoms with Gasteiger partial charge in [-0.05, 0) is 12.3 Å². The largest absolute Gasteiger partial charge is 0.396 e. The maximum atomic E-state index is 11.1. The Morgan fingerprint density at radius 3 is 2.85 bits per heavy atom. The fourth-order valence-electron chi connectivity index (χ4n) is 0.818. The Balaban J connectivity index is 3.30. The second kappa shape index (κ2) is 8.01. The Labute approximate surface area is 79.3 Å². The van der Waals surface area contributed by atoms with Gasteiger partial charge < -0.3 is 15.2 Å². The Bertz CT molecular complexity index is 139. The lowest BCUT2D eigenvalue weighted by Gasteiger charge is -2.09. The summed E-state index contributed by atoms with van der Waals surface area (Å²) in [5.41, 5.74) is 0. The molecule has 0 fully saturated rings. The molecule has 0 bridgehead atoms. The van der Waals surface area contributed by atoms with E-state index in [-0.39, 0.29) is 18.4 Å². The molecule has 78 valence electrons. The summed E-state index contributed by atoms with van der Waals surface area (Å²) in [5, 5.41) is 11.4. The molecule has 0 saturated carbocycles. The van der Waals surface area contributed by atoms with Gasteiger partial charge >= 0.3 is 0 Å². The third kappa shape index (κ3) is 7.74. The molecule has 0 aromatic rings. The molecule has 0 aliphatic heterocycles. The van der Waals surface area contributed by atoms with Gasteiger partial charge in [0.15, 0.2) is 0 Å². The average molecular weight is 189 g/mol. The third-order valence-electron chi connectivity index (χ3n) is 1.71. The summed E-state index contributed by atoms with van der Waals surface area (Å²) in [6.45, 7) is 3.15. The monoisotopic (exact) mass is 189 g/mol. The molecule has 0 aliphatic carbocycles. The number of nitrogens with one attached hydrogen (secondary N) is 1. The van der Waals surface area contributed by atoms with E-state index in [1.54, 1.807) is 7.11 Å². The highest BCUT2D eigenvalue weighted by Gasteiger charge is 2.03. The fourth-order valence-corrected chi connectivity index (χ4v) is 0.818. The number of amides is 1. The molecule has 0 aromatic heterocycles. The topological polar surface area (TPSA) is 58.6 Å². The number of ether oxygens (including phenoxy) is 1. The van der Waals surface area contributed by atoms with Gasteiger partial charge in [0.25, 0.3) is 0 Å². The van der Waals surface area contributed by atoms with Crippen LogP contribution >= 0.6 is 0 Å². The summed E-state index contributed by atoms with van der Waals surface area (Å²) in [7, 11) is 1.62. The normalized spacial score (nSPS) is 12.5. The molecule has 0 rings (SSSR count). The first-order chi connectivity index (χ1) is 6.20. The van der Waals surface area contributed by atoms with Gasteiger partial charge in [0.1, 0.15) is 0 Å². The van der Waals surface area contributed by atoms with Crippen molar-refractivity contribution in [2.45, 2.75) is 19.8 Å². The Morgan fingerprint density at radius 2 is 2.31 bits per heavy atom. The number of methoxy groups -OCH3 is 1. The third-order valence-corrected chi connectivity index (χ3v) is 1.71. The molecule has 4 heteroatoms. The van der Waals surface area contributed by atoms with Gasteiger partial charge in [-0.25, -0.2) is 0 Å². The zero-order valence-electron chi connectivity index (χ0n) is 8.38. The summed E-state index contributed by atoms with van der Waals surface area (Å²) in [5.74, 6) is 0.156. The molecule has 0 aliphatic rings. The smallest absolute Gasteiger partial charge is 0.220 e. The molecule has 2 N–H and O–H groups in total. The summed E-state index contributed by atoms with van der Waals surface area (Å²) in [6, 6.07) is 0. The number of aliphatic hydroxyl groups excluding tert-OH is 1. The molecular weight excluding hydrogens is 170 g/mol. The van der Waals surface area contributed by atoms with Crippen LogP contribution in [0.25, 0.3) is 0 Å². The van der Waals surface area contributed by atoms with E-state index in [0.717, 1.165) is 6.42 Å². The number of aliphatic hydroxyl groups is 1. The fraction of sp³-hybridized carbons (Fsp3) is 0.889. The van der Waals surface area contributed by atoms with E-state index in [1.807, 2.05) is 6.92 Å². The highest BCUT2D eigenvalue weighted by Crippen LogP contribution is 1.92. The molecule has 13 heavy (non-hydrogen) atoms. The van der Waals surface area contributed by atoms with Gasteiger partial charge in [0.2, 0.25) is 5.91 Å². The van der Waals surface area contributed by atoms with Gasteiger partial charge in [-0.2, -0.15) is 0 Å². The highest BCUT2D eigenvalue weighted by atomic mass is 16.5. The van der Waals surface area contributed by atoms with E-state index in [0.29, 0.717) is 19.6 Å². The Morgan fingerprint density at radius 1 is 1.62 bits per heavy atom. The van der Waals surface area contributed by atoms with Crippen molar-refractivity contribution in [2.75, 3.05) is 26.9 Å². The van der Waals surface area contributed by atoms with Crippen LogP contribution in [0, 0.1) is 5.92 Å². The van der Waals surface area contributed by atoms with Crippen LogP contribution in [0.4, 0.5) is 0 Å². The molecule has 4 nitrogen and oxygen atoms in total. The summed E-state index contributed by atoms with van der Waals surface area (Å²) in [6.07, 6.45) is 1.24. The van der Waals surface area contributed by atoms with Crippen LogP contribution in [0.3, 0.4) is 0 Å². The molecule has 1 amide bonds. The summed E-state index contributed by atoms with van der Waals surface area (Å²) >= 11 is 0. The van der Waals surface area contributed by atoms with E-state index in [1.165, 1.54) is 0 Å². The first-order valence-corrected chi connectivity index (χ1v) is 4.57. The molecule has 0 radical (unpaired) electrons. The SMILES string of the molecule is COCCCC(=O)NCC(C)CO. The zero-order valence-corrected chi connectivity index (χ0v) is 8.38. The van der Waals surface area contributed by atoms with Crippen LogP contribution in [0.15, 0.2) is 0 Å². The molecule has 1 unspecified atom stereocenters. The Kier molecular flexibility index (Phi) is 7.63. The van der Waals surface area contributed by atoms with Crippen molar-refractivity contribution in [2.24, 2.45) is 5.92 Å². The predicted octanol–water partition coefficient (Wildman–Crippen LogP) is 0.158. The standard InChI is InChI=1S/C9H19NO3/c1-8(7-11)6-10-9(12)4-3-5-13-2/h8,11H,3-7H2,1-2H3,(H,10,12). The first-order valence-electron chi connectivity index (χ1n) is 4.57. The predicted molar refractivity (Wildman–Crippen MR) is 50.4 cm³/mol. The van der Waals surface area contributed by atoms with Crippen molar-refractivity contribution in [1.29, 1.82) is 0 Å². The van der Waals surface area contributed by atoms with E-state index in [2.05, 4.69) is 5.32 Å². The minimum atomic E-state index is 0.0253. The quantitative estimate of drug-likeness (QED) is 0.561. The summed E-state index contributed by atoms with van der Waals surface area (Å²) in [4.78, 5) is 11.1. The number of hydrogen-bond donors (Lipinski definition) is 2. The summed E-state index contributed by atoms with van der Waals surface area (Å²) < 4.78 is 4.82. The molecule has 0 saturated heterocycles. The van der Waals surface area contributed by atoms with Crippen molar-refractivity contribution in [1.82, 2.24) is 5.32 Å². The zero-order chi connectivity index (χ0) is 10.1. The minimum Gasteiger partial charge on any atom is -0.396 e. The number of hydrogen-bond acceptors (Lipinski definition) is 3. The lowest BCUT2D eigenvalue weighted by atomic mass is 10.2. The maximum absolute atomic E-state index is 11.1. The van der Waals surface area contributed by atoms with Crippen LogP contribution in [-0.2, 0) is 9.53 Å². The number of carbonyl (C=O) groups excluding carboxylic acids is 1. The van der Waals surface area contributed by atoms with E-state index >= 15 is 0 Å². The average Bonchev–Trinajstić information content (AvgIpc) is 2.14. The molecule has 0 aromatic carbocycles. The van der Waals surface area contributed by atoms with Crippen molar-refractivity contribution >= 4 is 5.91 Å². The van der Waals surface area contributed by atoms with Gasteiger partial charge in [0, 0.05) is 33.3 Å². The van der Waals surface area contributed by atoms with Gasteiger partial charge in [-0.3, -0.25) is 4.79 Å². The van der Waals surface area contributed by atoms with Crippen LogP contribution in [0.1, 0.15) is 19.8 Å². The Hall–Kier alpha value is -0.610. The van der Waals surface area contributed by atoms with Crippen LogP contribution in [0.2, 0.25) is 0 Å². The maximum Gasteiger partial charge on any atom is 0.220 e. The van der Waals surface area contributed by atoms with Gasteiger partial charge in [0.05, 0.1) is 0 Å². The highest BCUT2D eigenvalue weighted by molar-refractivity contribution is 5.75. The van der Waals surface area contributed by atoms with Gasteiger partial charge in [-0.1, -0.05) is 6.92 Å². The van der Waals surface area contributed by atoms with E-state index in [9.17, 15) is 4.79 Å². The lowest BCUT2D eigenvalue weighted by molar-refractivity contribution is -0.121. The second-order valence-electron chi connectivity index (χ2n) is 3.19. The van der Waals surface area contributed by atoms with Crippen molar-refractivity contribution in [3.63, 3.8) is 0 Å².